The molecule has 0 aliphatic heterocycles. The Hall–Kier alpha value is -1.94. The maximum atomic E-state index is 13.7. The van der Waals surface area contributed by atoms with Crippen molar-refractivity contribution in [3.63, 3.8) is 0 Å². The molecule has 1 fully saturated rings. The van der Waals surface area contributed by atoms with Gasteiger partial charge in [-0.15, -0.1) is 0 Å². The zero-order chi connectivity index (χ0) is 13.5. The third-order valence-corrected chi connectivity index (χ3v) is 3.65. The van der Waals surface area contributed by atoms with Crippen LogP contribution in [0.15, 0.2) is 36.4 Å². The fourth-order valence-corrected chi connectivity index (χ4v) is 2.24. The Kier molecular flexibility index (Phi) is 2.75. The molecule has 4 heteroatoms. The first-order chi connectivity index (χ1) is 9.15. The summed E-state index contributed by atoms with van der Waals surface area (Å²) in [6.45, 7) is -0.0577. The van der Waals surface area contributed by atoms with Crippen LogP contribution in [0, 0.1) is 5.82 Å². The second-order valence-electron chi connectivity index (χ2n) is 5.03. The van der Waals surface area contributed by atoms with Crippen LogP contribution in [0.4, 0.5) is 4.39 Å². The second-order valence-corrected chi connectivity index (χ2v) is 5.03. The molecule has 2 aromatic rings. The van der Waals surface area contributed by atoms with Gasteiger partial charge in [-0.1, -0.05) is 24.3 Å². The predicted octanol–water partition coefficient (Wildman–Crippen LogP) is 2.23. The molecule has 19 heavy (non-hydrogen) atoms. The number of fused-ring (bicyclic) bond motifs is 1. The highest BCUT2D eigenvalue weighted by molar-refractivity contribution is 6.07. The smallest absolute Gasteiger partial charge is 0.252 e. The molecular formula is C15H14FNO2. The standard InChI is InChI=1S/C15H14FNO2/c16-13-6-5-12(10-3-1-2-4-11(10)13)14(19)17-15(9-18)7-8-15/h1-6,18H,7-9H2,(H,17,19). The van der Waals surface area contributed by atoms with E-state index in [9.17, 15) is 14.3 Å². The number of hydrogen-bond donors (Lipinski definition) is 2. The molecule has 0 saturated heterocycles. The van der Waals surface area contributed by atoms with Crippen LogP contribution in [0.5, 0.6) is 0 Å². The number of amides is 1. The van der Waals surface area contributed by atoms with Gasteiger partial charge >= 0.3 is 0 Å². The number of halogens is 1. The summed E-state index contributed by atoms with van der Waals surface area (Å²) in [7, 11) is 0. The molecule has 0 bridgehead atoms. The van der Waals surface area contributed by atoms with Crippen molar-refractivity contribution in [2.45, 2.75) is 18.4 Å². The van der Waals surface area contributed by atoms with Gasteiger partial charge in [-0.25, -0.2) is 4.39 Å². The highest BCUT2D eigenvalue weighted by Gasteiger charge is 2.43. The lowest BCUT2D eigenvalue weighted by molar-refractivity contribution is 0.0908. The molecule has 0 aromatic heterocycles. The minimum atomic E-state index is -0.466. The van der Waals surface area contributed by atoms with Crippen molar-refractivity contribution < 1.29 is 14.3 Å². The van der Waals surface area contributed by atoms with E-state index in [-0.39, 0.29) is 18.3 Å². The first-order valence-electron chi connectivity index (χ1n) is 6.26. The molecule has 0 atom stereocenters. The average Bonchev–Trinajstić information content (AvgIpc) is 3.19. The van der Waals surface area contributed by atoms with Gasteiger partial charge in [0.2, 0.25) is 0 Å². The zero-order valence-corrected chi connectivity index (χ0v) is 10.3. The first-order valence-corrected chi connectivity index (χ1v) is 6.26. The predicted molar refractivity (Wildman–Crippen MR) is 70.4 cm³/mol. The summed E-state index contributed by atoms with van der Waals surface area (Å²) in [6, 6.07) is 9.68. The first kappa shape index (κ1) is 12.1. The summed E-state index contributed by atoms with van der Waals surface area (Å²) in [5.74, 6) is -0.599. The van der Waals surface area contributed by atoms with Gasteiger partial charge in [-0.3, -0.25) is 4.79 Å². The van der Waals surface area contributed by atoms with E-state index in [4.69, 9.17) is 0 Å². The molecule has 3 rings (SSSR count). The van der Waals surface area contributed by atoms with Crippen molar-refractivity contribution in [3.8, 4) is 0 Å². The maximum absolute atomic E-state index is 13.7. The monoisotopic (exact) mass is 259 g/mol. The number of aliphatic hydroxyl groups is 1. The molecule has 0 heterocycles. The second kappa shape index (κ2) is 4.31. The van der Waals surface area contributed by atoms with E-state index in [2.05, 4.69) is 5.32 Å². The van der Waals surface area contributed by atoms with Crippen LogP contribution >= 0.6 is 0 Å². The Bertz CT molecular complexity index is 650. The van der Waals surface area contributed by atoms with Gasteiger partial charge in [0.05, 0.1) is 12.1 Å². The summed E-state index contributed by atoms with van der Waals surface area (Å²) in [5.41, 5.74) is -0.0243. The SMILES string of the molecule is O=C(NC1(CO)CC1)c1ccc(F)c2ccccc12. The van der Waals surface area contributed by atoms with Crippen LogP contribution in [-0.4, -0.2) is 23.2 Å². The molecule has 0 unspecified atom stereocenters. The van der Waals surface area contributed by atoms with Crippen LogP contribution in [0.2, 0.25) is 0 Å². The number of aliphatic hydroxyl groups excluding tert-OH is 1. The summed E-state index contributed by atoms with van der Waals surface area (Å²) < 4.78 is 13.7. The number of nitrogens with one attached hydrogen (secondary N) is 1. The molecule has 0 radical (unpaired) electrons. The number of benzene rings is 2. The Morgan fingerprint density at radius 3 is 2.53 bits per heavy atom. The highest BCUT2D eigenvalue weighted by Crippen LogP contribution is 2.35. The summed E-state index contributed by atoms with van der Waals surface area (Å²) in [5, 5.41) is 13.1. The van der Waals surface area contributed by atoms with Crippen molar-refractivity contribution in [1.82, 2.24) is 5.32 Å². The van der Waals surface area contributed by atoms with Gasteiger partial charge in [0.1, 0.15) is 5.82 Å². The van der Waals surface area contributed by atoms with E-state index in [1.807, 2.05) is 0 Å². The van der Waals surface area contributed by atoms with Gasteiger partial charge < -0.3 is 10.4 Å². The fourth-order valence-electron chi connectivity index (χ4n) is 2.24. The van der Waals surface area contributed by atoms with Crippen molar-refractivity contribution in [1.29, 1.82) is 0 Å². The lowest BCUT2D eigenvalue weighted by atomic mass is 10.0. The van der Waals surface area contributed by atoms with E-state index >= 15 is 0 Å². The Labute approximate surface area is 110 Å². The largest absolute Gasteiger partial charge is 0.394 e. The fraction of sp³-hybridized carbons (Fsp3) is 0.267. The Balaban J connectivity index is 2.01. The van der Waals surface area contributed by atoms with E-state index in [1.54, 1.807) is 24.3 Å². The summed E-state index contributed by atoms with van der Waals surface area (Å²) in [4.78, 5) is 12.2. The van der Waals surface area contributed by atoms with Crippen molar-refractivity contribution >= 4 is 16.7 Å². The lowest BCUT2D eigenvalue weighted by Gasteiger charge is -2.15. The molecule has 3 nitrogen and oxygen atoms in total. The lowest BCUT2D eigenvalue weighted by Crippen LogP contribution is -2.39. The zero-order valence-electron chi connectivity index (χ0n) is 10.3. The van der Waals surface area contributed by atoms with Gasteiger partial charge in [0, 0.05) is 10.9 Å². The Morgan fingerprint density at radius 1 is 1.21 bits per heavy atom. The maximum Gasteiger partial charge on any atom is 0.252 e. The van der Waals surface area contributed by atoms with Gasteiger partial charge in [-0.05, 0) is 30.4 Å². The number of carbonyl (C=O) groups is 1. The molecule has 2 aromatic carbocycles. The van der Waals surface area contributed by atoms with Crippen LogP contribution in [0.25, 0.3) is 10.8 Å². The van der Waals surface area contributed by atoms with E-state index in [1.165, 1.54) is 12.1 Å². The molecular weight excluding hydrogens is 245 g/mol. The van der Waals surface area contributed by atoms with Gasteiger partial charge in [0.15, 0.2) is 0 Å². The topological polar surface area (TPSA) is 49.3 Å². The van der Waals surface area contributed by atoms with Crippen molar-refractivity contribution in [2.24, 2.45) is 0 Å². The van der Waals surface area contributed by atoms with Crippen LogP contribution in [0.3, 0.4) is 0 Å². The highest BCUT2D eigenvalue weighted by atomic mass is 19.1. The van der Waals surface area contributed by atoms with Gasteiger partial charge in [0.25, 0.3) is 5.91 Å². The number of carbonyl (C=O) groups excluding carboxylic acids is 1. The average molecular weight is 259 g/mol. The molecule has 1 aliphatic rings. The third-order valence-electron chi connectivity index (χ3n) is 3.65. The number of hydrogen-bond acceptors (Lipinski definition) is 2. The minimum absolute atomic E-state index is 0.0577. The molecule has 1 aliphatic carbocycles. The van der Waals surface area contributed by atoms with Crippen molar-refractivity contribution in [3.05, 3.63) is 47.8 Å². The van der Waals surface area contributed by atoms with Crippen LogP contribution < -0.4 is 5.32 Å². The van der Waals surface area contributed by atoms with E-state index < -0.39 is 5.54 Å². The normalized spacial score (nSPS) is 16.3. The quantitative estimate of drug-likeness (QED) is 0.888. The van der Waals surface area contributed by atoms with Crippen LogP contribution in [0.1, 0.15) is 23.2 Å². The minimum Gasteiger partial charge on any atom is -0.394 e. The van der Waals surface area contributed by atoms with Crippen LogP contribution in [-0.2, 0) is 0 Å². The molecule has 1 amide bonds. The van der Waals surface area contributed by atoms with E-state index in [0.717, 1.165) is 12.8 Å². The van der Waals surface area contributed by atoms with Gasteiger partial charge in [-0.2, -0.15) is 0 Å². The molecule has 2 N–H and O–H groups in total. The summed E-state index contributed by atoms with van der Waals surface area (Å²) >= 11 is 0. The summed E-state index contributed by atoms with van der Waals surface area (Å²) in [6.07, 6.45) is 1.57. The van der Waals surface area contributed by atoms with Crippen molar-refractivity contribution in [2.75, 3.05) is 6.61 Å². The molecule has 98 valence electrons. The third kappa shape index (κ3) is 2.08. The molecule has 0 spiro atoms. The number of rotatable bonds is 3. The van der Waals surface area contributed by atoms with E-state index in [0.29, 0.717) is 16.3 Å². The Morgan fingerprint density at radius 2 is 1.89 bits per heavy atom. The molecule has 1 saturated carbocycles.